The summed E-state index contributed by atoms with van der Waals surface area (Å²) in [6.45, 7) is 0.612. The van der Waals surface area contributed by atoms with E-state index in [0.29, 0.717) is 19.4 Å². The van der Waals surface area contributed by atoms with E-state index in [2.05, 4.69) is 4.72 Å². The fourth-order valence-corrected chi connectivity index (χ4v) is 4.37. The van der Waals surface area contributed by atoms with Gasteiger partial charge in [-0.25, -0.2) is 13.1 Å². The first-order valence-corrected chi connectivity index (χ1v) is 7.91. The molecule has 1 atom stereocenters. The van der Waals surface area contributed by atoms with E-state index in [4.69, 9.17) is 9.84 Å². The zero-order valence-electron chi connectivity index (χ0n) is 10.2. The van der Waals surface area contributed by atoms with E-state index < -0.39 is 21.5 Å². The Kier molecular flexibility index (Phi) is 3.93. The maximum absolute atomic E-state index is 12.0. The predicted molar refractivity (Wildman–Crippen MR) is 64.7 cm³/mol. The summed E-state index contributed by atoms with van der Waals surface area (Å²) in [7, 11) is -3.47. The number of aliphatic carboxylic acids is 1. The third kappa shape index (κ3) is 3.43. The molecule has 2 fully saturated rings. The molecular formula is C11H19NO5S. The number of hydrogen-bond donors (Lipinski definition) is 2. The minimum atomic E-state index is -3.47. The van der Waals surface area contributed by atoms with Gasteiger partial charge in [-0.1, -0.05) is 0 Å². The smallest absolute Gasteiger partial charge is 0.305 e. The second kappa shape index (κ2) is 5.14. The molecule has 0 radical (unpaired) electrons. The summed E-state index contributed by atoms with van der Waals surface area (Å²) in [5, 5.41) is 8.84. The summed E-state index contributed by atoms with van der Waals surface area (Å²) in [4.78, 5) is 10.8. The van der Waals surface area contributed by atoms with Crippen LogP contribution in [0.3, 0.4) is 0 Å². The minimum Gasteiger partial charge on any atom is -0.481 e. The lowest BCUT2D eigenvalue weighted by molar-refractivity contribution is -0.139. The minimum absolute atomic E-state index is 0.0611. The van der Waals surface area contributed by atoms with Crippen molar-refractivity contribution in [2.75, 3.05) is 12.4 Å². The van der Waals surface area contributed by atoms with Crippen LogP contribution in [0.4, 0.5) is 0 Å². The molecule has 7 heteroatoms. The van der Waals surface area contributed by atoms with Crippen LogP contribution in [-0.4, -0.2) is 43.5 Å². The molecular weight excluding hydrogens is 258 g/mol. The molecule has 1 saturated carbocycles. The van der Waals surface area contributed by atoms with Crippen LogP contribution in [0.2, 0.25) is 0 Å². The van der Waals surface area contributed by atoms with Crippen molar-refractivity contribution in [1.29, 1.82) is 0 Å². The number of carboxylic acid groups (broad SMARTS) is 1. The molecule has 104 valence electrons. The van der Waals surface area contributed by atoms with Gasteiger partial charge in [0.05, 0.1) is 18.3 Å². The second-order valence-electron chi connectivity index (χ2n) is 5.22. The lowest BCUT2D eigenvalue weighted by Gasteiger charge is -2.41. The van der Waals surface area contributed by atoms with Crippen molar-refractivity contribution in [2.45, 2.75) is 50.2 Å². The average molecular weight is 277 g/mol. The van der Waals surface area contributed by atoms with Crippen LogP contribution in [0, 0.1) is 0 Å². The van der Waals surface area contributed by atoms with Crippen molar-refractivity contribution >= 4 is 16.0 Å². The van der Waals surface area contributed by atoms with Crippen molar-refractivity contribution < 1.29 is 23.1 Å². The number of nitrogens with one attached hydrogen (secondary N) is 1. The van der Waals surface area contributed by atoms with E-state index in [1.807, 2.05) is 0 Å². The normalized spacial score (nSPS) is 26.8. The molecule has 0 spiro atoms. The van der Waals surface area contributed by atoms with Gasteiger partial charge in [0.15, 0.2) is 0 Å². The van der Waals surface area contributed by atoms with Crippen LogP contribution in [0.1, 0.15) is 38.5 Å². The molecule has 0 amide bonds. The average Bonchev–Trinajstić information content (AvgIpc) is 2.64. The Hall–Kier alpha value is -0.660. The van der Waals surface area contributed by atoms with Crippen LogP contribution in [0.5, 0.6) is 0 Å². The van der Waals surface area contributed by atoms with Gasteiger partial charge >= 0.3 is 5.97 Å². The maximum atomic E-state index is 12.0. The van der Waals surface area contributed by atoms with Gasteiger partial charge in [-0.3, -0.25) is 4.79 Å². The fraction of sp³-hybridized carbons (Fsp3) is 0.909. The van der Waals surface area contributed by atoms with Crippen LogP contribution in [-0.2, 0) is 19.6 Å². The largest absolute Gasteiger partial charge is 0.481 e. The topological polar surface area (TPSA) is 92.7 Å². The van der Waals surface area contributed by atoms with Crippen molar-refractivity contribution in [3.63, 3.8) is 0 Å². The van der Waals surface area contributed by atoms with Gasteiger partial charge in [0.25, 0.3) is 0 Å². The summed E-state index contributed by atoms with van der Waals surface area (Å²) in [6, 6.07) is 0. The summed E-state index contributed by atoms with van der Waals surface area (Å²) < 4.78 is 31.9. The molecule has 1 aliphatic heterocycles. The lowest BCUT2D eigenvalue weighted by Crippen LogP contribution is -2.55. The first-order chi connectivity index (χ1) is 8.41. The Morgan fingerprint density at radius 3 is 2.56 bits per heavy atom. The highest BCUT2D eigenvalue weighted by Crippen LogP contribution is 2.35. The summed E-state index contributed by atoms with van der Waals surface area (Å²) in [5.41, 5.74) is -0.761. The Morgan fingerprint density at radius 2 is 2.11 bits per heavy atom. The SMILES string of the molecule is O=C(O)CC1(NS(=O)(=O)CC2CCCO2)CCC1. The molecule has 0 aromatic rings. The van der Waals surface area contributed by atoms with E-state index in [0.717, 1.165) is 19.3 Å². The lowest BCUT2D eigenvalue weighted by atomic mass is 9.75. The number of rotatable bonds is 6. The Morgan fingerprint density at radius 1 is 1.39 bits per heavy atom. The zero-order valence-corrected chi connectivity index (χ0v) is 11.0. The molecule has 1 saturated heterocycles. The number of ether oxygens (including phenoxy) is 1. The van der Waals surface area contributed by atoms with Crippen LogP contribution in [0.25, 0.3) is 0 Å². The van der Waals surface area contributed by atoms with Gasteiger partial charge in [-0.05, 0) is 32.1 Å². The van der Waals surface area contributed by atoms with Gasteiger partial charge < -0.3 is 9.84 Å². The molecule has 0 aromatic heterocycles. The van der Waals surface area contributed by atoms with Gasteiger partial charge in [-0.15, -0.1) is 0 Å². The highest BCUT2D eigenvalue weighted by molar-refractivity contribution is 7.89. The summed E-state index contributed by atoms with van der Waals surface area (Å²) in [6.07, 6.45) is 3.33. The fourth-order valence-electron chi connectivity index (χ4n) is 2.60. The predicted octanol–water partition coefficient (Wildman–Crippen LogP) is 0.482. The first kappa shape index (κ1) is 13.8. The standard InChI is InChI=1S/C11H19NO5S/c13-10(14)7-11(4-2-5-11)12-18(15,16)8-9-3-1-6-17-9/h9,12H,1-8H2,(H,13,14). The second-order valence-corrected chi connectivity index (χ2v) is 6.99. The van der Waals surface area contributed by atoms with Crippen LogP contribution in [0.15, 0.2) is 0 Å². The van der Waals surface area contributed by atoms with E-state index in [1.165, 1.54) is 0 Å². The first-order valence-electron chi connectivity index (χ1n) is 6.26. The molecule has 1 aliphatic carbocycles. The van der Waals surface area contributed by atoms with Gasteiger partial charge in [-0.2, -0.15) is 0 Å². The molecule has 2 N–H and O–H groups in total. The molecule has 2 aliphatic rings. The Balaban J connectivity index is 1.95. The Bertz CT molecular complexity index is 409. The summed E-state index contributed by atoms with van der Waals surface area (Å²) >= 11 is 0. The zero-order chi connectivity index (χ0) is 13.2. The summed E-state index contributed by atoms with van der Waals surface area (Å²) in [5.74, 6) is -1.02. The van der Waals surface area contributed by atoms with E-state index >= 15 is 0 Å². The van der Waals surface area contributed by atoms with Gasteiger partial charge in [0.2, 0.25) is 10.0 Å². The third-order valence-electron chi connectivity index (χ3n) is 3.60. The number of sulfonamides is 1. The Labute approximate surface area is 107 Å². The van der Waals surface area contributed by atoms with Crippen molar-refractivity contribution in [2.24, 2.45) is 0 Å². The molecule has 2 rings (SSSR count). The van der Waals surface area contributed by atoms with Crippen LogP contribution < -0.4 is 4.72 Å². The van der Waals surface area contributed by atoms with Crippen molar-refractivity contribution in [1.82, 2.24) is 4.72 Å². The number of carbonyl (C=O) groups is 1. The van der Waals surface area contributed by atoms with E-state index in [-0.39, 0.29) is 18.3 Å². The maximum Gasteiger partial charge on any atom is 0.305 e. The van der Waals surface area contributed by atoms with Crippen LogP contribution >= 0.6 is 0 Å². The highest BCUT2D eigenvalue weighted by atomic mass is 32.2. The van der Waals surface area contributed by atoms with E-state index in [1.54, 1.807) is 0 Å². The molecule has 0 aromatic carbocycles. The molecule has 1 unspecified atom stereocenters. The van der Waals surface area contributed by atoms with Gasteiger partial charge in [0.1, 0.15) is 0 Å². The van der Waals surface area contributed by atoms with Gasteiger partial charge in [0, 0.05) is 12.1 Å². The molecule has 1 heterocycles. The van der Waals surface area contributed by atoms with Crippen molar-refractivity contribution in [3.8, 4) is 0 Å². The highest BCUT2D eigenvalue weighted by Gasteiger charge is 2.42. The number of hydrogen-bond acceptors (Lipinski definition) is 4. The molecule has 6 nitrogen and oxygen atoms in total. The quantitative estimate of drug-likeness (QED) is 0.736. The van der Waals surface area contributed by atoms with E-state index in [9.17, 15) is 13.2 Å². The number of carboxylic acids is 1. The molecule has 18 heavy (non-hydrogen) atoms. The molecule has 0 bridgehead atoms. The third-order valence-corrected chi connectivity index (χ3v) is 5.16. The van der Waals surface area contributed by atoms with Crippen molar-refractivity contribution in [3.05, 3.63) is 0 Å². The monoisotopic (exact) mass is 277 g/mol.